The number of amides is 1. The van der Waals surface area contributed by atoms with Crippen molar-refractivity contribution < 1.29 is 23.5 Å². The molecule has 0 saturated heterocycles. The summed E-state index contributed by atoms with van der Waals surface area (Å²) in [5.41, 5.74) is 1.65. The van der Waals surface area contributed by atoms with E-state index in [9.17, 15) is 14.0 Å². The molecule has 0 aromatic heterocycles. The van der Waals surface area contributed by atoms with E-state index in [1.165, 1.54) is 6.07 Å². The predicted octanol–water partition coefficient (Wildman–Crippen LogP) is 2.59. The minimum atomic E-state index is -0.456. The molecule has 2 aromatic rings. The van der Waals surface area contributed by atoms with Gasteiger partial charge < -0.3 is 14.8 Å². The number of ether oxygens (including phenoxy) is 2. The number of rotatable bonds is 6. The molecule has 0 spiro atoms. The Bertz CT molecular complexity index is 844. The van der Waals surface area contributed by atoms with Crippen LogP contribution < -0.4 is 10.1 Å². The number of halogens is 1. The van der Waals surface area contributed by atoms with Crippen LogP contribution in [0.25, 0.3) is 0 Å². The molecule has 0 radical (unpaired) electrons. The molecule has 27 heavy (non-hydrogen) atoms. The summed E-state index contributed by atoms with van der Waals surface area (Å²) in [5.74, 6) is -0.826. The zero-order valence-corrected chi connectivity index (χ0v) is 14.7. The van der Waals surface area contributed by atoms with Gasteiger partial charge in [0.05, 0.1) is 12.5 Å². The number of hydrogen-bond acceptors (Lipinski definition) is 4. The van der Waals surface area contributed by atoms with E-state index in [1.807, 2.05) is 24.3 Å². The number of nitrogens with one attached hydrogen (secondary N) is 1. The Kier molecular flexibility index (Phi) is 4.79. The standard InChI is InChI=1S/C21H20FNO4/c22-18-7-3-2-6-15(18)16-10-17(16)21(25)26-12-20(24)23-11-14-9-13-5-1-4-8-19(13)27-14/h1-8,14,16-17H,9-12H2,(H,23,24)/t14-,16-,17-/m1/s1. The van der Waals surface area contributed by atoms with Gasteiger partial charge in [-0.1, -0.05) is 36.4 Å². The Morgan fingerprint density at radius 1 is 1.15 bits per heavy atom. The molecule has 6 heteroatoms. The maximum atomic E-state index is 13.7. The molecule has 0 bridgehead atoms. The molecule has 1 amide bonds. The summed E-state index contributed by atoms with van der Waals surface area (Å²) in [4.78, 5) is 24.0. The van der Waals surface area contributed by atoms with Gasteiger partial charge in [-0.3, -0.25) is 9.59 Å². The first-order chi connectivity index (χ1) is 13.1. The fraction of sp³-hybridized carbons (Fsp3) is 0.333. The first-order valence-electron chi connectivity index (χ1n) is 9.04. The zero-order chi connectivity index (χ0) is 18.8. The number of carbonyl (C=O) groups is 2. The highest BCUT2D eigenvalue weighted by Crippen LogP contribution is 2.48. The third-order valence-electron chi connectivity index (χ3n) is 4.98. The number of para-hydroxylation sites is 1. The van der Waals surface area contributed by atoms with Gasteiger partial charge in [-0.15, -0.1) is 0 Å². The van der Waals surface area contributed by atoms with Gasteiger partial charge in [0.15, 0.2) is 6.61 Å². The second-order valence-corrected chi connectivity index (χ2v) is 6.93. The van der Waals surface area contributed by atoms with Crippen molar-refractivity contribution in [3.63, 3.8) is 0 Å². The topological polar surface area (TPSA) is 64.6 Å². The average molecular weight is 369 g/mol. The third kappa shape index (κ3) is 3.94. The predicted molar refractivity (Wildman–Crippen MR) is 95.8 cm³/mol. The second-order valence-electron chi connectivity index (χ2n) is 6.93. The summed E-state index contributed by atoms with van der Waals surface area (Å²) in [6, 6.07) is 14.2. The van der Waals surface area contributed by atoms with E-state index in [1.54, 1.807) is 18.2 Å². The summed E-state index contributed by atoms with van der Waals surface area (Å²) in [6.45, 7) is 0.0192. The maximum Gasteiger partial charge on any atom is 0.310 e. The zero-order valence-electron chi connectivity index (χ0n) is 14.7. The van der Waals surface area contributed by atoms with Crippen LogP contribution in [0.5, 0.6) is 5.75 Å². The van der Waals surface area contributed by atoms with E-state index in [-0.39, 0.29) is 36.3 Å². The summed E-state index contributed by atoms with van der Waals surface area (Å²) in [7, 11) is 0. The molecule has 1 aliphatic heterocycles. The highest BCUT2D eigenvalue weighted by atomic mass is 19.1. The first kappa shape index (κ1) is 17.5. The monoisotopic (exact) mass is 369 g/mol. The highest BCUT2D eigenvalue weighted by Gasteiger charge is 2.46. The van der Waals surface area contributed by atoms with Crippen molar-refractivity contribution in [2.75, 3.05) is 13.2 Å². The summed E-state index contributed by atoms with van der Waals surface area (Å²) in [6.07, 6.45) is 1.17. The molecule has 4 rings (SSSR count). The van der Waals surface area contributed by atoms with E-state index < -0.39 is 5.97 Å². The highest BCUT2D eigenvalue weighted by molar-refractivity contribution is 5.83. The molecule has 1 saturated carbocycles. The molecule has 2 aliphatic rings. The van der Waals surface area contributed by atoms with Crippen molar-refractivity contribution in [1.82, 2.24) is 5.32 Å². The SMILES string of the molecule is O=C(COC(=O)[C@@H]1C[C@@H]1c1ccccc1F)NC[C@H]1Cc2ccccc2O1. The Balaban J connectivity index is 1.18. The fourth-order valence-electron chi connectivity index (χ4n) is 3.47. The van der Waals surface area contributed by atoms with Crippen LogP contribution in [0, 0.1) is 11.7 Å². The van der Waals surface area contributed by atoms with Crippen molar-refractivity contribution in [3.8, 4) is 5.75 Å². The van der Waals surface area contributed by atoms with Gasteiger partial charge in [-0.25, -0.2) is 4.39 Å². The lowest BCUT2D eigenvalue weighted by Gasteiger charge is -2.12. The van der Waals surface area contributed by atoms with Crippen molar-refractivity contribution in [2.24, 2.45) is 5.92 Å². The van der Waals surface area contributed by atoms with Gasteiger partial charge in [0.1, 0.15) is 17.7 Å². The largest absolute Gasteiger partial charge is 0.488 e. The van der Waals surface area contributed by atoms with Crippen molar-refractivity contribution >= 4 is 11.9 Å². The lowest BCUT2D eigenvalue weighted by molar-refractivity contribution is -0.150. The summed E-state index contributed by atoms with van der Waals surface area (Å²) >= 11 is 0. The van der Waals surface area contributed by atoms with E-state index in [0.29, 0.717) is 18.5 Å². The van der Waals surface area contributed by atoms with Gasteiger partial charge in [0.25, 0.3) is 5.91 Å². The fourth-order valence-corrected chi connectivity index (χ4v) is 3.47. The number of hydrogen-bond donors (Lipinski definition) is 1. The number of fused-ring (bicyclic) bond motifs is 1. The van der Waals surface area contributed by atoms with E-state index in [0.717, 1.165) is 17.7 Å². The molecule has 1 N–H and O–H groups in total. The normalized spacial score (nSPS) is 22.5. The molecule has 1 heterocycles. The third-order valence-corrected chi connectivity index (χ3v) is 4.98. The van der Waals surface area contributed by atoms with Gasteiger partial charge in [-0.05, 0) is 29.7 Å². The van der Waals surface area contributed by atoms with Crippen LogP contribution in [-0.2, 0) is 20.7 Å². The molecule has 0 unspecified atom stereocenters. The maximum absolute atomic E-state index is 13.7. The van der Waals surface area contributed by atoms with Crippen molar-refractivity contribution in [3.05, 3.63) is 65.5 Å². The van der Waals surface area contributed by atoms with Crippen molar-refractivity contribution in [2.45, 2.75) is 24.9 Å². The number of esters is 1. The smallest absolute Gasteiger partial charge is 0.310 e. The Morgan fingerprint density at radius 2 is 1.93 bits per heavy atom. The molecule has 3 atom stereocenters. The quantitative estimate of drug-likeness (QED) is 0.795. The molecule has 2 aromatic carbocycles. The summed E-state index contributed by atoms with van der Waals surface area (Å²) in [5, 5.41) is 2.72. The lowest BCUT2D eigenvalue weighted by Crippen LogP contribution is -2.37. The summed E-state index contributed by atoms with van der Waals surface area (Å²) < 4.78 is 24.6. The van der Waals surface area contributed by atoms with Crippen LogP contribution in [0.3, 0.4) is 0 Å². The molecular weight excluding hydrogens is 349 g/mol. The molecule has 5 nitrogen and oxygen atoms in total. The van der Waals surface area contributed by atoms with Crippen molar-refractivity contribution in [1.29, 1.82) is 0 Å². The van der Waals surface area contributed by atoms with Crippen LogP contribution in [0.4, 0.5) is 4.39 Å². The van der Waals surface area contributed by atoms with E-state index in [2.05, 4.69) is 5.32 Å². The number of benzene rings is 2. The average Bonchev–Trinajstić information content (AvgIpc) is 3.36. The molecular formula is C21H20FNO4. The Labute approximate surface area is 156 Å². The Hall–Kier alpha value is -2.89. The van der Waals surface area contributed by atoms with Gasteiger partial charge in [-0.2, -0.15) is 0 Å². The van der Waals surface area contributed by atoms with Crippen LogP contribution >= 0.6 is 0 Å². The van der Waals surface area contributed by atoms with Gasteiger partial charge >= 0.3 is 5.97 Å². The molecule has 1 fully saturated rings. The molecule has 1 aliphatic carbocycles. The minimum Gasteiger partial charge on any atom is -0.488 e. The van der Waals surface area contributed by atoms with Crippen LogP contribution in [0.15, 0.2) is 48.5 Å². The van der Waals surface area contributed by atoms with Crippen LogP contribution in [-0.4, -0.2) is 31.1 Å². The number of carbonyl (C=O) groups excluding carboxylic acids is 2. The first-order valence-corrected chi connectivity index (χ1v) is 9.04. The van der Waals surface area contributed by atoms with Crippen LogP contribution in [0.1, 0.15) is 23.5 Å². The van der Waals surface area contributed by atoms with Gasteiger partial charge in [0, 0.05) is 12.3 Å². The van der Waals surface area contributed by atoms with E-state index in [4.69, 9.17) is 9.47 Å². The van der Waals surface area contributed by atoms with Gasteiger partial charge in [0.2, 0.25) is 0 Å². The van der Waals surface area contributed by atoms with Crippen LogP contribution in [0.2, 0.25) is 0 Å². The van der Waals surface area contributed by atoms with E-state index >= 15 is 0 Å². The second kappa shape index (κ2) is 7.39. The molecule has 140 valence electrons. The lowest BCUT2D eigenvalue weighted by atomic mass is 10.1. The Morgan fingerprint density at radius 3 is 2.74 bits per heavy atom. The minimum absolute atomic E-state index is 0.115.